The van der Waals surface area contributed by atoms with Crippen LogP contribution >= 0.6 is 0 Å². The molecule has 88 valence electrons. The number of nitrogens with zero attached hydrogens (tertiary/aromatic N) is 1. The molecule has 0 saturated heterocycles. The van der Waals surface area contributed by atoms with E-state index in [-0.39, 0.29) is 17.5 Å². The van der Waals surface area contributed by atoms with Gasteiger partial charge in [-0.3, -0.25) is 10.1 Å². The smallest absolute Gasteiger partial charge is 0.292 e. The molecule has 0 saturated carbocycles. The molecule has 5 heteroatoms. The summed E-state index contributed by atoms with van der Waals surface area (Å²) in [7, 11) is 0. The van der Waals surface area contributed by atoms with E-state index in [1.165, 1.54) is 6.07 Å². The first kappa shape index (κ1) is 12.4. The van der Waals surface area contributed by atoms with E-state index >= 15 is 0 Å². The molecule has 1 unspecified atom stereocenters. The lowest BCUT2D eigenvalue weighted by molar-refractivity contribution is -0.383. The van der Waals surface area contributed by atoms with Crippen molar-refractivity contribution < 1.29 is 9.66 Å². The molecule has 0 fully saturated rings. The van der Waals surface area contributed by atoms with Gasteiger partial charge in [0.05, 0.1) is 17.6 Å². The van der Waals surface area contributed by atoms with Crippen molar-refractivity contribution in [2.75, 3.05) is 5.73 Å². The van der Waals surface area contributed by atoms with Crippen LogP contribution in [0.15, 0.2) is 18.2 Å². The molecule has 0 aromatic heterocycles. The van der Waals surface area contributed by atoms with Crippen LogP contribution in [0.3, 0.4) is 0 Å². The standard InChI is InChI=1S/C11H16N2O3/c1-3-8(2)16-7-9-4-5-11(13(14)15)10(12)6-9/h4-6,8H,3,7,12H2,1-2H3. The number of hydrogen-bond donors (Lipinski definition) is 1. The van der Waals surface area contributed by atoms with Gasteiger partial charge in [-0.2, -0.15) is 0 Å². The molecule has 0 bridgehead atoms. The third-order valence-electron chi connectivity index (χ3n) is 2.40. The highest BCUT2D eigenvalue weighted by Crippen LogP contribution is 2.22. The van der Waals surface area contributed by atoms with E-state index in [1.807, 2.05) is 13.8 Å². The lowest BCUT2D eigenvalue weighted by Crippen LogP contribution is -2.06. The van der Waals surface area contributed by atoms with Gasteiger partial charge >= 0.3 is 0 Å². The molecule has 2 N–H and O–H groups in total. The Kier molecular flexibility index (Phi) is 4.25. The van der Waals surface area contributed by atoms with Crippen LogP contribution in [0.1, 0.15) is 25.8 Å². The first-order valence-electron chi connectivity index (χ1n) is 5.19. The van der Waals surface area contributed by atoms with Crippen LogP contribution in [0.4, 0.5) is 11.4 Å². The Bertz CT molecular complexity index is 379. The fraction of sp³-hybridized carbons (Fsp3) is 0.455. The lowest BCUT2D eigenvalue weighted by atomic mass is 10.2. The van der Waals surface area contributed by atoms with Gasteiger partial charge in [-0.25, -0.2) is 0 Å². The molecule has 1 rings (SSSR count). The maximum atomic E-state index is 10.5. The Morgan fingerprint density at radius 3 is 2.75 bits per heavy atom. The predicted molar refractivity (Wildman–Crippen MR) is 62.1 cm³/mol. The Labute approximate surface area is 94.4 Å². The van der Waals surface area contributed by atoms with Crippen molar-refractivity contribution in [3.63, 3.8) is 0 Å². The number of rotatable bonds is 5. The van der Waals surface area contributed by atoms with Gasteiger partial charge < -0.3 is 10.5 Å². The van der Waals surface area contributed by atoms with Crippen molar-refractivity contribution in [1.29, 1.82) is 0 Å². The van der Waals surface area contributed by atoms with E-state index in [1.54, 1.807) is 12.1 Å². The third-order valence-corrected chi connectivity index (χ3v) is 2.40. The fourth-order valence-corrected chi connectivity index (χ4v) is 1.22. The van der Waals surface area contributed by atoms with Crippen LogP contribution in [-0.2, 0) is 11.3 Å². The van der Waals surface area contributed by atoms with Crippen LogP contribution in [-0.4, -0.2) is 11.0 Å². The zero-order valence-electron chi connectivity index (χ0n) is 9.47. The molecule has 0 aliphatic rings. The van der Waals surface area contributed by atoms with Gasteiger partial charge in [0.25, 0.3) is 5.69 Å². The molecule has 0 aliphatic carbocycles. The van der Waals surface area contributed by atoms with Gasteiger partial charge in [-0.05, 0) is 31.0 Å². The Balaban J connectivity index is 2.70. The quantitative estimate of drug-likeness (QED) is 0.473. The van der Waals surface area contributed by atoms with Gasteiger partial charge in [0.15, 0.2) is 0 Å². The van der Waals surface area contributed by atoms with E-state index in [0.29, 0.717) is 6.61 Å². The van der Waals surface area contributed by atoms with Crippen LogP contribution < -0.4 is 5.73 Å². The van der Waals surface area contributed by atoms with Crippen molar-refractivity contribution in [3.8, 4) is 0 Å². The van der Waals surface area contributed by atoms with E-state index in [9.17, 15) is 10.1 Å². The third kappa shape index (κ3) is 3.20. The van der Waals surface area contributed by atoms with E-state index in [2.05, 4.69) is 0 Å². The zero-order valence-corrected chi connectivity index (χ0v) is 9.47. The number of nitro benzene ring substituents is 1. The summed E-state index contributed by atoms with van der Waals surface area (Å²) in [6.45, 7) is 4.45. The molecule has 0 radical (unpaired) electrons. The van der Waals surface area contributed by atoms with Crippen molar-refractivity contribution in [3.05, 3.63) is 33.9 Å². The van der Waals surface area contributed by atoms with Gasteiger partial charge in [0.1, 0.15) is 5.69 Å². The molecule has 1 aromatic rings. The normalized spacial score (nSPS) is 12.4. The lowest BCUT2D eigenvalue weighted by Gasteiger charge is -2.10. The first-order chi connectivity index (χ1) is 7.54. The molecular formula is C11H16N2O3. The number of nitrogens with two attached hydrogens (primary N) is 1. The van der Waals surface area contributed by atoms with E-state index < -0.39 is 4.92 Å². The molecule has 0 amide bonds. The minimum atomic E-state index is -0.491. The summed E-state index contributed by atoms with van der Waals surface area (Å²) in [4.78, 5) is 10.0. The number of hydrogen-bond acceptors (Lipinski definition) is 4. The molecule has 0 aliphatic heterocycles. The van der Waals surface area contributed by atoms with E-state index in [4.69, 9.17) is 10.5 Å². The molecule has 16 heavy (non-hydrogen) atoms. The van der Waals surface area contributed by atoms with Crippen LogP contribution in [0.2, 0.25) is 0 Å². The highest BCUT2D eigenvalue weighted by atomic mass is 16.6. The number of nitrogen functional groups attached to an aromatic ring is 1. The average molecular weight is 224 g/mol. The second-order valence-corrected chi connectivity index (χ2v) is 3.68. The summed E-state index contributed by atoms with van der Waals surface area (Å²) < 4.78 is 5.51. The summed E-state index contributed by atoms with van der Waals surface area (Å²) >= 11 is 0. The van der Waals surface area contributed by atoms with Crippen LogP contribution in [0.25, 0.3) is 0 Å². The number of ether oxygens (including phenoxy) is 1. The number of anilines is 1. The Morgan fingerprint density at radius 2 is 2.25 bits per heavy atom. The molecule has 0 heterocycles. The molecule has 1 atom stereocenters. The maximum Gasteiger partial charge on any atom is 0.292 e. The molecular weight excluding hydrogens is 208 g/mol. The van der Waals surface area contributed by atoms with Gasteiger partial charge in [-0.15, -0.1) is 0 Å². The Hall–Kier alpha value is -1.62. The van der Waals surface area contributed by atoms with Crippen molar-refractivity contribution in [2.24, 2.45) is 0 Å². The first-order valence-corrected chi connectivity index (χ1v) is 5.19. The summed E-state index contributed by atoms with van der Waals surface area (Å²) in [5.41, 5.74) is 6.53. The molecule has 5 nitrogen and oxygen atoms in total. The van der Waals surface area contributed by atoms with E-state index in [0.717, 1.165) is 12.0 Å². The summed E-state index contributed by atoms with van der Waals surface area (Å²) in [6.07, 6.45) is 1.11. The summed E-state index contributed by atoms with van der Waals surface area (Å²) in [5.74, 6) is 0. The number of benzene rings is 1. The topological polar surface area (TPSA) is 78.4 Å². The average Bonchev–Trinajstić information content (AvgIpc) is 2.25. The van der Waals surface area contributed by atoms with Crippen molar-refractivity contribution in [2.45, 2.75) is 33.0 Å². The fourth-order valence-electron chi connectivity index (χ4n) is 1.22. The second kappa shape index (κ2) is 5.46. The van der Waals surface area contributed by atoms with Crippen molar-refractivity contribution >= 4 is 11.4 Å². The van der Waals surface area contributed by atoms with Gasteiger partial charge in [0.2, 0.25) is 0 Å². The Morgan fingerprint density at radius 1 is 1.56 bits per heavy atom. The van der Waals surface area contributed by atoms with Gasteiger partial charge in [-0.1, -0.05) is 6.92 Å². The van der Waals surface area contributed by atoms with Crippen LogP contribution in [0.5, 0.6) is 0 Å². The predicted octanol–water partition coefficient (Wildman–Crippen LogP) is 2.49. The van der Waals surface area contributed by atoms with Crippen LogP contribution in [0, 0.1) is 10.1 Å². The minimum absolute atomic E-state index is 0.0627. The summed E-state index contributed by atoms with van der Waals surface area (Å²) in [5, 5.41) is 10.5. The highest BCUT2D eigenvalue weighted by molar-refractivity contribution is 5.59. The maximum absolute atomic E-state index is 10.5. The van der Waals surface area contributed by atoms with Gasteiger partial charge in [0, 0.05) is 6.07 Å². The largest absolute Gasteiger partial charge is 0.393 e. The SMILES string of the molecule is CCC(C)OCc1ccc([N+](=O)[O-])c(N)c1. The summed E-state index contributed by atoms with van der Waals surface area (Å²) in [6, 6.07) is 4.65. The zero-order chi connectivity index (χ0) is 12.1. The van der Waals surface area contributed by atoms with Crippen molar-refractivity contribution in [1.82, 2.24) is 0 Å². The number of nitro groups is 1. The monoisotopic (exact) mass is 224 g/mol. The molecule has 1 aromatic carbocycles. The molecule has 0 spiro atoms. The second-order valence-electron chi connectivity index (χ2n) is 3.68. The highest BCUT2D eigenvalue weighted by Gasteiger charge is 2.11. The minimum Gasteiger partial charge on any atom is -0.393 e.